The van der Waals surface area contributed by atoms with E-state index in [4.69, 9.17) is 22.0 Å². The molecule has 48 heavy (non-hydrogen) atoms. The number of unbranched alkanes of at least 4 members (excludes halogenated alkanes) is 1. The van der Waals surface area contributed by atoms with Gasteiger partial charge in [-0.15, -0.1) is 31.3 Å². The maximum atomic E-state index is 14.1. The number of carbonyl (C=O) groups excluding carboxylic acids is 5. The lowest BCUT2D eigenvalue weighted by molar-refractivity contribution is -0.144. The van der Waals surface area contributed by atoms with Crippen molar-refractivity contribution in [2.24, 2.45) is 16.7 Å². The lowest BCUT2D eigenvalue weighted by Crippen LogP contribution is -2.62. The third-order valence-corrected chi connectivity index (χ3v) is 8.68. The summed E-state index contributed by atoms with van der Waals surface area (Å²) in [6.07, 6.45) is 14.4. The van der Waals surface area contributed by atoms with E-state index in [-0.39, 0.29) is 37.4 Å². The van der Waals surface area contributed by atoms with E-state index in [9.17, 15) is 24.0 Å². The van der Waals surface area contributed by atoms with Gasteiger partial charge in [-0.1, -0.05) is 47.6 Å². The first-order valence-corrected chi connectivity index (χ1v) is 17.5. The number of hydrogen-bond acceptors (Lipinski definition) is 8. The molecular formula is C34H55N6O7S+. The molecule has 0 aromatic heterocycles. The molecular weight excluding hydrogens is 636 g/mol. The average Bonchev–Trinajstić information content (AvgIpc) is 3.44. The molecule has 1 rings (SSSR count). The maximum Gasteiger partial charge on any atom is 0.315 e. The lowest BCUT2D eigenvalue weighted by Gasteiger charge is -2.37. The molecule has 0 aliphatic carbocycles. The number of ketones is 1. The molecule has 0 aromatic rings. The first-order valence-electron chi connectivity index (χ1n) is 16.2. The van der Waals surface area contributed by atoms with Gasteiger partial charge in [0.2, 0.25) is 17.6 Å². The zero-order chi connectivity index (χ0) is 36.7. The number of nitrogens with one attached hydrogen (secondary N) is 5. The number of likely N-dealkylation sites (tertiary alicyclic amines) is 1. The van der Waals surface area contributed by atoms with Gasteiger partial charge in [0.05, 0.1) is 12.0 Å². The van der Waals surface area contributed by atoms with Gasteiger partial charge in [-0.3, -0.25) is 19.2 Å². The molecule has 0 spiro atoms. The Bertz CT molecular complexity index is 1210. The molecule has 7 N–H and O–H groups in total. The molecule has 1 unspecified atom stereocenters. The molecule has 1 aliphatic heterocycles. The fourth-order valence-corrected chi connectivity index (χ4v) is 5.61. The van der Waals surface area contributed by atoms with Gasteiger partial charge in [-0.05, 0) is 43.1 Å². The van der Waals surface area contributed by atoms with Crippen molar-refractivity contribution >= 4 is 41.0 Å². The molecule has 268 valence electrons. The van der Waals surface area contributed by atoms with Gasteiger partial charge < -0.3 is 31.5 Å². The van der Waals surface area contributed by atoms with Crippen LogP contribution in [0.3, 0.4) is 0 Å². The fraction of sp³-hybridized carbons (Fsp3) is 0.676. The van der Waals surface area contributed by atoms with Crippen LogP contribution >= 0.6 is 0 Å². The van der Waals surface area contributed by atoms with Crippen LogP contribution in [0, 0.1) is 41.4 Å². The van der Waals surface area contributed by atoms with Gasteiger partial charge in [-0.25, -0.2) is 4.79 Å². The SMILES string of the molecule is C#CCCC(NC(=O)[C@@H]1[C@@H](C#C)CCN1C(=O)[C@@H](NC(=O)N[C@H](CNCCCC[S+](O)O)C(C)(C)C)C(C)(C)C)C(=O)C(=O)NCC=C. The number of Topliss-reactive ketones (excluding diaryl/α,β-unsaturated/α-hetero) is 1. The highest BCUT2D eigenvalue weighted by molar-refractivity contribution is 7.85. The van der Waals surface area contributed by atoms with Crippen LogP contribution < -0.4 is 26.6 Å². The van der Waals surface area contributed by atoms with Crippen molar-refractivity contribution < 1.29 is 33.1 Å². The van der Waals surface area contributed by atoms with E-state index >= 15 is 0 Å². The summed E-state index contributed by atoms with van der Waals surface area (Å²) >= 11 is -1.58. The minimum Gasteiger partial charge on any atom is -0.346 e. The summed E-state index contributed by atoms with van der Waals surface area (Å²) < 4.78 is 18.1. The number of urea groups is 1. The van der Waals surface area contributed by atoms with Gasteiger partial charge in [0.1, 0.15) is 12.1 Å². The first-order chi connectivity index (χ1) is 22.4. The molecule has 1 heterocycles. The van der Waals surface area contributed by atoms with Crippen LogP contribution in [-0.4, -0.2) is 99.6 Å². The second kappa shape index (κ2) is 20.1. The van der Waals surface area contributed by atoms with Crippen molar-refractivity contribution in [3.05, 3.63) is 12.7 Å². The van der Waals surface area contributed by atoms with Gasteiger partial charge in [-0.2, -0.15) is 9.11 Å². The van der Waals surface area contributed by atoms with Crippen LogP contribution in [0.15, 0.2) is 12.7 Å². The van der Waals surface area contributed by atoms with E-state index in [1.54, 1.807) is 20.8 Å². The van der Waals surface area contributed by atoms with E-state index in [0.29, 0.717) is 31.7 Å². The van der Waals surface area contributed by atoms with Gasteiger partial charge >= 0.3 is 17.5 Å². The Morgan fingerprint density at radius 1 is 1.02 bits per heavy atom. The summed E-state index contributed by atoms with van der Waals surface area (Å²) in [4.78, 5) is 67.9. The molecule has 14 heteroatoms. The van der Waals surface area contributed by atoms with E-state index in [0.717, 1.165) is 6.42 Å². The van der Waals surface area contributed by atoms with Crippen molar-refractivity contribution in [1.29, 1.82) is 0 Å². The third kappa shape index (κ3) is 13.9. The van der Waals surface area contributed by atoms with Crippen molar-refractivity contribution in [3.63, 3.8) is 0 Å². The van der Waals surface area contributed by atoms with Crippen LogP contribution in [0.5, 0.6) is 0 Å². The fourth-order valence-electron chi connectivity index (χ4n) is 5.15. The van der Waals surface area contributed by atoms with E-state index in [2.05, 4.69) is 45.0 Å². The standard InChI is InChI=1S/C34H54N6O7S/c1-10-13-16-24(27(41)30(43)36-18-11-2)37-29(42)26-23(12-3)17-20-40(26)31(44)28(34(7,8)9)39-32(45)38-25(33(4,5)6)22-35-19-14-15-21-48(46)47/h1,3,11,23-26,28,35,46-47H,2,13-22H2,4-9H3,(H3-,36,37,38,39,42,43,45)/p+1/t23-,24?,25+,26-,28+/m0/s1. The number of rotatable bonds is 18. The minimum absolute atomic E-state index is 0.00616. The molecule has 1 aliphatic rings. The number of hydrogen-bond donors (Lipinski definition) is 7. The molecule has 5 atom stereocenters. The van der Waals surface area contributed by atoms with Gasteiger partial charge in [0.15, 0.2) is 5.75 Å². The molecule has 13 nitrogen and oxygen atoms in total. The Hall–Kier alpha value is -3.56. The highest BCUT2D eigenvalue weighted by Gasteiger charge is 2.46. The Balaban J connectivity index is 3.15. The second-order valence-electron chi connectivity index (χ2n) is 14.0. The monoisotopic (exact) mass is 691 g/mol. The van der Waals surface area contributed by atoms with Gasteiger partial charge in [0.25, 0.3) is 5.91 Å². The van der Waals surface area contributed by atoms with Crippen LogP contribution in [0.2, 0.25) is 0 Å². The maximum absolute atomic E-state index is 14.1. The average molecular weight is 692 g/mol. The van der Waals surface area contributed by atoms with Crippen LogP contribution in [0.25, 0.3) is 0 Å². The molecule has 0 saturated carbocycles. The summed E-state index contributed by atoms with van der Waals surface area (Å²) in [5, 5.41) is 14.1. The van der Waals surface area contributed by atoms with Crippen LogP contribution in [0.4, 0.5) is 4.79 Å². The van der Waals surface area contributed by atoms with Crippen LogP contribution in [0.1, 0.15) is 73.6 Å². The van der Waals surface area contributed by atoms with Crippen molar-refractivity contribution in [3.8, 4) is 24.7 Å². The summed E-state index contributed by atoms with van der Waals surface area (Å²) in [5.41, 5.74) is -1.12. The summed E-state index contributed by atoms with van der Waals surface area (Å²) in [6.45, 7) is 16.1. The van der Waals surface area contributed by atoms with Crippen molar-refractivity contribution in [2.45, 2.75) is 97.8 Å². The summed E-state index contributed by atoms with van der Waals surface area (Å²) in [5.74, 6) is 1.64. The topological polar surface area (TPSA) is 189 Å². The normalized spacial score (nSPS) is 18.1. The van der Waals surface area contributed by atoms with Crippen molar-refractivity contribution in [2.75, 3.05) is 31.9 Å². The molecule has 0 aromatic carbocycles. The number of amides is 5. The van der Waals surface area contributed by atoms with E-state index in [1.165, 1.54) is 11.0 Å². The largest absolute Gasteiger partial charge is 0.346 e. The molecule has 1 fully saturated rings. The van der Waals surface area contributed by atoms with E-state index in [1.807, 2.05) is 20.8 Å². The molecule has 0 radical (unpaired) electrons. The second-order valence-corrected chi connectivity index (χ2v) is 15.1. The number of carbonyl (C=O) groups is 5. The van der Waals surface area contributed by atoms with Crippen molar-refractivity contribution in [1.82, 2.24) is 31.5 Å². The molecule has 0 bridgehead atoms. The Morgan fingerprint density at radius 3 is 2.23 bits per heavy atom. The highest BCUT2D eigenvalue weighted by atomic mass is 32.2. The number of terminal acetylenes is 2. The zero-order valence-corrected chi connectivity index (χ0v) is 30.0. The minimum atomic E-state index is -1.58. The number of nitrogens with zero attached hydrogens (tertiary/aromatic N) is 1. The van der Waals surface area contributed by atoms with Crippen LogP contribution in [-0.2, 0) is 30.6 Å². The quantitative estimate of drug-likeness (QED) is 0.0372. The smallest absolute Gasteiger partial charge is 0.315 e. The molecule has 5 amide bonds. The lowest BCUT2D eigenvalue weighted by atomic mass is 9.85. The summed E-state index contributed by atoms with van der Waals surface area (Å²) in [7, 11) is 0. The third-order valence-electron chi connectivity index (χ3n) is 8.02. The molecule has 1 saturated heterocycles. The van der Waals surface area contributed by atoms with E-state index < -0.39 is 70.5 Å². The van der Waals surface area contributed by atoms with Gasteiger partial charge in [0, 0.05) is 32.1 Å². The Kier molecular flexibility index (Phi) is 17.8. The summed E-state index contributed by atoms with van der Waals surface area (Å²) in [6, 6.07) is -4.31. The Morgan fingerprint density at radius 2 is 1.69 bits per heavy atom. The predicted molar refractivity (Wildman–Crippen MR) is 188 cm³/mol. The Labute approximate surface area is 288 Å². The zero-order valence-electron chi connectivity index (χ0n) is 29.2. The highest BCUT2D eigenvalue weighted by Crippen LogP contribution is 2.29. The first kappa shape index (κ1) is 42.5. The predicted octanol–water partition coefficient (Wildman–Crippen LogP) is 1.67.